The average Bonchev–Trinajstić information content (AvgIpc) is 2.68. The predicted octanol–water partition coefficient (Wildman–Crippen LogP) is 3.60. The number of benzene rings is 2. The zero-order valence-electron chi connectivity index (χ0n) is 19.0. The average molecular weight is 561 g/mol. The molecule has 172 valence electrons. The highest BCUT2D eigenvalue weighted by Crippen LogP contribution is 2.23. The van der Waals surface area contributed by atoms with Gasteiger partial charge in [0.1, 0.15) is 11.4 Å². The van der Waals surface area contributed by atoms with Crippen molar-refractivity contribution in [1.82, 2.24) is 14.9 Å². The summed E-state index contributed by atoms with van der Waals surface area (Å²) < 4.78 is 32.4. The van der Waals surface area contributed by atoms with Crippen LogP contribution in [0.5, 0.6) is 5.75 Å². The molecule has 2 N–H and O–H groups in total. The molecular formula is C22H33IN4O3S. The second-order valence-electron chi connectivity index (χ2n) is 8.00. The summed E-state index contributed by atoms with van der Waals surface area (Å²) in [7, 11) is 1.20. The number of para-hydroxylation sites is 1. The number of nitrogens with zero attached hydrogens (tertiary/aromatic N) is 2. The van der Waals surface area contributed by atoms with Crippen molar-refractivity contribution in [2.24, 2.45) is 4.99 Å². The Kier molecular flexibility index (Phi) is 10.2. The number of guanidine groups is 1. The van der Waals surface area contributed by atoms with Gasteiger partial charge in [-0.1, -0.05) is 36.4 Å². The highest BCUT2D eigenvalue weighted by Gasteiger charge is 2.20. The maximum atomic E-state index is 12.6. The lowest BCUT2D eigenvalue weighted by atomic mass is 10.1. The van der Waals surface area contributed by atoms with Gasteiger partial charge >= 0.3 is 0 Å². The molecule has 7 nitrogen and oxygen atoms in total. The van der Waals surface area contributed by atoms with Gasteiger partial charge in [0, 0.05) is 39.8 Å². The molecule has 2 aromatic carbocycles. The molecular weight excluding hydrogens is 527 g/mol. The van der Waals surface area contributed by atoms with E-state index >= 15 is 0 Å². The maximum Gasteiger partial charge on any atom is 0.242 e. The Balaban J connectivity index is 0.00000480. The smallest absolute Gasteiger partial charge is 0.242 e. The Morgan fingerprint density at radius 1 is 0.968 bits per heavy atom. The SMILES string of the molecule is CN=C(NCc1ccccc1OC(C)(C)C)NCc1ccccc1S(=O)(=O)N(C)C.I. The molecule has 0 unspecified atom stereocenters. The molecule has 0 aliphatic carbocycles. The summed E-state index contributed by atoms with van der Waals surface area (Å²) in [5.74, 6) is 1.38. The number of halogens is 1. The minimum absolute atomic E-state index is 0. The second-order valence-corrected chi connectivity index (χ2v) is 10.1. The van der Waals surface area contributed by atoms with Crippen LogP contribution in [0, 0.1) is 0 Å². The summed E-state index contributed by atoms with van der Waals surface area (Å²) in [4.78, 5) is 4.52. The number of aliphatic imine (C=N–C) groups is 1. The topological polar surface area (TPSA) is 83.0 Å². The summed E-state index contributed by atoms with van der Waals surface area (Å²) in [6.45, 7) is 6.87. The van der Waals surface area contributed by atoms with Crippen LogP contribution in [0.15, 0.2) is 58.4 Å². The number of sulfonamides is 1. The lowest BCUT2D eigenvalue weighted by Gasteiger charge is -2.23. The van der Waals surface area contributed by atoms with E-state index in [1.807, 2.05) is 51.1 Å². The highest BCUT2D eigenvalue weighted by molar-refractivity contribution is 14.0. The molecule has 0 aliphatic heterocycles. The lowest BCUT2D eigenvalue weighted by Crippen LogP contribution is -2.37. The first-order valence-electron chi connectivity index (χ1n) is 9.76. The number of rotatable bonds is 7. The molecule has 0 aromatic heterocycles. The first kappa shape index (κ1) is 27.2. The molecule has 0 heterocycles. The molecule has 0 aliphatic rings. The lowest BCUT2D eigenvalue weighted by molar-refractivity contribution is 0.129. The minimum atomic E-state index is -3.52. The molecule has 0 spiro atoms. The van der Waals surface area contributed by atoms with Crippen LogP contribution in [0.2, 0.25) is 0 Å². The Labute approximate surface area is 203 Å². The molecule has 0 saturated carbocycles. The molecule has 0 fully saturated rings. The molecule has 0 bridgehead atoms. The normalized spacial score (nSPS) is 12.3. The van der Waals surface area contributed by atoms with E-state index in [0.717, 1.165) is 11.3 Å². The monoisotopic (exact) mass is 560 g/mol. The molecule has 0 radical (unpaired) electrons. The van der Waals surface area contributed by atoms with Gasteiger partial charge in [-0.3, -0.25) is 4.99 Å². The maximum absolute atomic E-state index is 12.6. The van der Waals surface area contributed by atoms with Gasteiger partial charge in [0.25, 0.3) is 0 Å². The van der Waals surface area contributed by atoms with E-state index in [1.54, 1.807) is 25.2 Å². The van der Waals surface area contributed by atoms with Crippen LogP contribution in [0.4, 0.5) is 0 Å². The van der Waals surface area contributed by atoms with Crippen molar-refractivity contribution in [1.29, 1.82) is 0 Å². The zero-order chi connectivity index (χ0) is 22.4. The molecule has 9 heteroatoms. The van der Waals surface area contributed by atoms with Gasteiger partial charge in [0.2, 0.25) is 10.0 Å². The third-order valence-electron chi connectivity index (χ3n) is 4.24. The van der Waals surface area contributed by atoms with Crippen LogP contribution in [0.1, 0.15) is 31.9 Å². The van der Waals surface area contributed by atoms with Crippen LogP contribution in [0.25, 0.3) is 0 Å². The van der Waals surface area contributed by atoms with Crippen molar-refractivity contribution in [3.05, 3.63) is 59.7 Å². The Bertz CT molecular complexity index is 986. The summed E-state index contributed by atoms with van der Waals surface area (Å²) >= 11 is 0. The van der Waals surface area contributed by atoms with Gasteiger partial charge in [-0.05, 0) is 38.5 Å². The Hall–Kier alpha value is -1.85. The van der Waals surface area contributed by atoms with Gasteiger partial charge in [-0.2, -0.15) is 0 Å². The number of nitrogens with one attached hydrogen (secondary N) is 2. The number of hydrogen-bond donors (Lipinski definition) is 2. The van der Waals surface area contributed by atoms with E-state index in [-0.39, 0.29) is 34.5 Å². The van der Waals surface area contributed by atoms with E-state index in [4.69, 9.17) is 4.74 Å². The van der Waals surface area contributed by atoms with Crippen molar-refractivity contribution in [2.45, 2.75) is 44.4 Å². The van der Waals surface area contributed by atoms with Gasteiger partial charge in [0.15, 0.2) is 5.96 Å². The first-order valence-corrected chi connectivity index (χ1v) is 11.2. The fourth-order valence-corrected chi connectivity index (χ4v) is 3.87. The van der Waals surface area contributed by atoms with Crippen molar-refractivity contribution >= 4 is 40.0 Å². The van der Waals surface area contributed by atoms with E-state index in [0.29, 0.717) is 24.6 Å². The van der Waals surface area contributed by atoms with Gasteiger partial charge < -0.3 is 15.4 Å². The Morgan fingerprint density at radius 3 is 2.03 bits per heavy atom. The minimum Gasteiger partial charge on any atom is -0.488 e. The second kappa shape index (κ2) is 11.7. The largest absolute Gasteiger partial charge is 0.488 e. The van der Waals surface area contributed by atoms with Crippen molar-refractivity contribution in [2.75, 3.05) is 21.1 Å². The molecule has 0 atom stereocenters. The standard InChI is InChI=1S/C22H32N4O3S.HI/c1-22(2,3)29-19-13-9-7-11-17(19)15-24-21(23-4)25-16-18-12-8-10-14-20(18)30(27,28)26(5)6;/h7-14H,15-16H2,1-6H3,(H2,23,24,25);1H. The quantitative estimate of drug-likeness (QED) is 0.307. The van der Waals surface area contributed by atoms with Crippen LogP contribution in [0.3, 0.4) is 0 Å². The fourth-order valence-electron chi connectivity index (χ4n) is 2.76. The van der Waals surface area contributed by atoms with Crippen LogP contribution < -0.4 is 15.4 Å². The molecule has 0 saturated heterocycles. The Morgan fingerprint density at radius 2 is 1.48 bits per heavy atom. The van der Waals surface area contributed by atoms with Gasteiger partial charge in [-0.25, -0.2) is 12.7 Å². The summed E-state index contributed by atoms with van der Waals surface area (Å²) in [5.41, 5.74) is 1.38. The predicted molar refractivity (Wildman–Crippen MR) is 137 cm³/mol. The third-order valence-corrected chi connectivity index (χ3v) is 6.15. The fraction of sp³-hybridized carbons (Fsp3) is 0.409. The van der Waals surface area contributed by atoms with Crippen molar-refractivity contribution < 1.29 is 13.2 Å². The van der Waals surface area contributed by atoms with E-state index < -0.39 is 10.0 Å². The summed E-state index contributed by atoms with van der Waals surface area (Å²) in [6.07, 6.45) is 0. The van der Waals surface area contributed by atoms with Crippen LogP contribution in [-0.2, 0) is 23.1 Å². The zero-order valence-corrected chi connectivity index (χ0v) is 22.1. The van der Waals surface area contributed by atoms with Gasteiger partial charge in [0.05, 0.1) is 4.90 Å². The van der Waals surface area contributed by atoms with E-state index in [1.165, 1.54) is 18.4 Å². The van der Waals surface area contributed by atoms with Crippen molar-refractivity contribution in [3.63, 3.8) is 0 Å². The summed E-state index contributed by atoms with van der Waals surface area (Å²) in [5, 5.41) is 6.45. The van der Waals surface area contributed by atoms with E-state index in [9.17, 15) is 8.42 Å². The molecule has 2 rings (SSSR count). The van der Waals surface area contributed by atoms with Gasteiger partial charge in [-0.15, -0.1) is 24.0 Å². The van der Waals surface area contributed by atoms with Crippen molar-refractivity contribution in [3.8, 4) is 5.75 Å². The highest BCUT2D eigenvalue weighted by atomic mass is 127. The van der Waals surface area contributed by atoms with E-state index in [2.05, 4.69) is 15.6 Å². The molecule has 0 amide bonds. The summed E-state index contributed by atoms with van der Waals surface area (Å²) in [6, 6.07) is 14.8. The third kappa shape index (κ3) is 7.97. The van der Waals surface area contributed by atoms with Crippen LogP contribution in [-0.4, -0.2) is 45.4 Å². The number of ether oxygens (including phenoxy) is 1. The molecule has 2 aromatic rings. The first-order chi connectivity index (χ1) is 14.0. The number of hydrogen-bond acceptors (Lipinski definition) is 4. The molecule has 31 heavy (non-hydrogen) atoms. The van der Waals surface area contributed by atoms with Crippen LogP contribution >= 0.6 is 24.0 Å².